The van der Waals surface area contributed by atoms with Crippen LogP contribution < -0.4 is 0 Å². The molecule has 30 heavy (non-hydrogen) atoms. The smallest absolute Gasteiger partial charge is 0.107 e. The number of benzene rings is 2. The second-order valence-electron chi connectivity index (χ2n) is 8.20. The Morgan fingerprint density at radius 2 is 1.60 bits per heavy atom. The highest BCUT2D eigenvalue weighted by Crippen LogP contribution is 2.36. The third kappa shape index (κ3) is 8.28. The average Bonchev–Trinajstić information content (AvgIpc) is 3.20. The van der Waals surface area contributed by atoms with Crippen molar-refractivity contribution in [1.82, 2.24) is 4.90 Å². The number of hydrogen-bond donors (Lipinski definition) is 0. The molecule has 0 spiro atoms. The molecule has 2 atom stereocenters. The Hall–Kier alpha value is -2.18. The predicted molar refractivity (Wildman–Crippen MR) is 124 cm³/mol. The van der Waals surface area contributed by atoms with Gasteiger partial charge in [-0.25, -0.2) is 4.39 Å². The largest absolute Gasteiger partial charge is 0.303 e. The minimum absolute atomic E-state index is 0.136. The fourth-order valence-electron chi connectivity index (χ4n) is 4.31. The highest BCUT2D eigenvalue weighted by Gasteiger charge is 2.27. The molecular formula is C27H37FN2. The quantitative estimate of drug-likeness (QED) is 0.437. The molecule has 1 fully saturated rings. The molecule has 0 amide bonds. The lowest BCUT2D eigenvalue weighted by Gasteiger charge is -2.21. The monoisotopic (exact) mass is 408 g/mol. The van der Waals surface area contributed by atoms with Gasteiger partial charge in [0, 0.05) is 19.4 Å². The van der Waals surface area contributed by atoms with Crippen LogP contribution in [0.1, 0.15) is 68.6 Å². The zero-order chi connectivity index (χ0) is 21.6. The third-order valence-corrected chi connectivity index (χ3v) is 5.88. The van der Waals surface area contributed by atoms with Gasteiger partial charge in [0.05, 0.1) is 6.07 Å². The van der Waals surface area contributed by atoms with Gasteiger partial charge in [0.25, 0.3) is 0 Å². The number of halogens is 1. The maximum atomic E-state index is 13.9. The van der Waals surface area contributed by atoms with Gasteiger partial charge in [-0.3, -0.25) is 0 Å². The maximum Gasteiger partial charge on any atom is 0.107 e. The minimum atomic E-state index is -0.636. The summed E-state index contributed by atoms with van der Waals surface area (Å²) in [4.78, 5) is 2.59. The summed E-state index contributed by atoms with van der Waals surface area (Å²) in [5.41, 5.74) is 4.00. The molecule has 3 heteroatoms. The maximum absolute atomic E-state index is 13.9. The van der Waals surface area contributed by atoms with E-state index in [9.17, 15) is 4.39 Å². The van der Waals surface area contributed by atoms with Gasteiger partial charge in [-0.1, -0.05) is 61.5 Å². The van der Waals surface area contributed by atoms with Gasteiger partial charge in [0.15, 0.2) is 0 Å². The first-order valence-electron chi connectivity index (χ1n) is 11.5. The summed E-state index contributed by atoms with van der Waals surface area (Å²) in [7, 11) is 0. The van der Waals surface area contributed by atoms with Crippen LogP contribution >= 0.6 is 0 Å². The summed E-state index contributed by atoms with van der Waals surface area (Å²) >= 11 is 0. The van der Waals surface area contributed by atoms with Crippen molar-refractivity contribution in [3.63, 3.8) is 0 Å². The summed E-state index contributed by atoms with van der Waals surface area (Å²) in [6.07, 6.45) is 6.76. The van der Waals surface area contributed by atoms with Crippen LogP contribution in [-0.2, 0) is 12.8 Å². The Morgan fingerprint density at radius 1 is 0.933 bits per heavy atom. The van der Waals surface area contributed by atoms with Crippen LogP contribution in [0.5, 0.6) is 0 Å². The molecule has 1 saturated carbocycles. The Bertz CT molecular complexity index is 736. The molecular weight excluding hydrogens is 371 g/mol. The zero-order valence-corrected chi connectivity index (χ0v) is 18.7. The molecule has 1 aliphatic rings. The summed E-state index contributed by atoms with van der Waals surface area (Å²) in [6.45, 7) is 7.15. The van der Waals surface area contributed by atoms with Crippen LogP contribution in [-0.4, -0.2) is 30.7 Å². The molecule has 2 unspecified atom stereocenters. The highest BCUT2D eigenvalue weighted by atomic mass is 19.1. The first-order chi connectivity index (χ1) is 14.7. The van der Waals surface area contributed by atoms with E-state index in [1.807, 2.05) is 0 Å². The van der Waals surface area contributed by atoms with E-state index in [1.54, 1.807) is 6.07 Å². The van der Waals surface area contributed by atoms with E-state index in [2.05, 4.69) is 66.4 Å². The normalized spacial score (nSPS) is 18.0. The molecule has 0 N–H and O–H groups in total. The van der Waals surface area contributed by atoms with E-state index in [0.29, 0.717) is 0 Å². The summed E-state index contributed by atoms with van der Waals surface area (Å²) in [5, 5.41) is 7.32. The number of hydrogen-bond acceptors (Lipinski definition) is 2. The van der Waals surface area contributed by atoms with Crippen LogP contribution in [0.4, 0.5) is 4.39 Å². The van der Waals surface area contributed by atoms with E-state index in [1.165, 1.54) is 43.0 Å². The van der Waals surface area contributed by atoms with Crippen LogP contribution in [0, 0.1) is 11.3 Å². The Kier molecular flexibility index (Phi) is 11.2. The standard InChI is InChI=1S/C25H34FN.C2H3N/c1-2-18-27(20-17-21-8-4-3-5-9-21)19-7-10-22-13-15-23(16-14-22)24-11-6-12-25(24)26;1-2-3/h3-5,8-9,13-16,24-25H,2,6-7,10-12,17-20H2,1H3;1H3. The molecule has 1 aliphatic carbocycles. The van der Waals surface area contributed by atoms with Crippen molar-refractivity contribution in [2.24, 2.45) is 0 Å². The van der Waals surface area contributed by atoms with Crippen LogP contribution in [0.3, 0.4) is 0 Å². The Balaban J connectivity index is 0.00000101. The van der Waals surface area contributed by atoms with Crippen LogP contribution in [0.25, 0.3) is 0 Å². The second-order valence-corrected chi connectivity index (χ2v) is 8.20. The number of rotatable bonds is 10. The molecule has 3 rings (SSSR count). The van der Waals surface area contributed by atoms with Crippen molar-refractivity contribution in [2.75, 3.05) is 19.6 Å². The molecule has 2 aromatic carbocycles. The highest BCUT2D eigenvalue weighted by molar-refractivity contribution is 5.27. The van der Waals surface area contributed by atoms with Crippen molar-refractivity contribution in [3.8, 4) is 6.07 Å². The lowest BCUT2D eigenvalue weighted by Crippen LogP contribution is -2.28. The number of alkyl halides is 1. The van der Waals surface area contributed by atoms with Gasteiger partial charge in [-0.15, -0.1) is 0 Å². The molecule has 0 aliphatic heterocycles. The molecule has 2 nitrogen and oxygen atoms in total. The first kappa shape index (κ1) is 24.1. The Labute approximate surface area is 182 Å². The van der Waals surface area contributed by atoms with Crippen molar-refractivity contribution < 1.29 is 4.39 Å². The predicted octanol–water partition coefficient (Wildman–Crippen LogP) is 6.71. The van der Waals surface area contributed by atoms with Crippen molar-refractivity contribution in [2.45, 2.75) is 70.9 Å². The molecule has 0 bridgehead atoms. The first-order valence-corrected chi connectivity index (χ1v) is 11.5. The Morgan fingerprint density at radius 3 is 2.20 bits per heavy atom. The van der Waals surface area contributed by atoms with E-state index in [0.717, 1.165) is 45.2 Å². The summed E-state index contributed by atoms with van der Waals surface area (Å²) in [5.74, 6) is 0.136. The number of aryl methyl sites for hydroxylation is 1. The van der Waals surface area contributed by atoms with E-state index < -0.39 is 6.17 Å². The van der Waals surface area contributed by atoms with Crippen LogP contribution in [0.2, 0.25) is 0 Å². The number of nitrogens with zero attached hydrogens (tertiary/aromatic N) is 2. The summed E-state index contributed by atoms with van der Waals surface area (Å²) in [6, 6.07) is 21.3. The van der Waals surface area contributed by atoms with Crippen molar-refractivity contribution in [3.05, 3.63) is 71.3 Å². The van der Waals surface area contributed by atoms with Crippen molar-refractivity contribution in [1.29, 1.82) is 5.26 Å². The number of nitriles is 1. The fourth-order valence-corrected chi connectivity index (χ4v) is 4.31. The zero-order valence-electron chi connectivity index (χ0n) is 18.7. The van der Waals surface area contributed by atoms with Gasteiger partial charge in [-0.05, 0) is 74.7 Å². The molecule has 0 aromatic heterocycles. The fraction of sp³-hybridized carbons (Fsp3) is 0.519. The third-order valence-electron chi connectivity index (χ3n) is 5.88. The van der Waals surface area contributed by atoms with E-state index in [-0.39, 0.29) is 5.92 Å². The second kappa shape index (κ2) is 13.9. The van der Waals surface area contributed by atoms with Gasteiger partial charge >= 0.3 is 0 Å². The lowest BCUT2D eigenvalue weighted by atomic mass is 9.95. The SMILES string of the molecule is CC#N.CCCN(CCCc1ccc(C2CCCC2F)cc1)CCc1ccccc1. The van der Waals surface area contributed by atoms with E-state index in [4.69, 9.17) is 5.26 Å². The van der Waals surface area contributed by atoms with Gasteiger partial charge < -0.3 is 4.90 Å². The molecule has 0 saturated heterocycles. The molecule has 2 aromatic rings. The topological polar surface area (TPSA) is 27.0 Å². The molecule has 0 radical (unpaired) electrons. The minimum Gasteiger partial charge on any atom is -0.303 e. The van der Waals surface area contributed by atoms with E-state index >= 15 is 0 Å². The van der Waals surface area contributed by atoms with Crippen molar-refractivity contribution >= 4 is 0 Å². The van der Waals surface area contributed by atoms with Gasteiger partial charge in [0.2, 0.25) is 0 Å². The molecule has 0 heterocycles. The van der Waals surface area contributed by atoms with Gasteiger partial charge in [-0.2, -0.15) is 5.26 Å². The molecule has 162 valence electrons. The summed E-state index contributed by atoms with van der Waals surface area (Å²) < 4.78 is 13.9. The lowest BCUT2D eigenvalue weighted by molar-refractivity contribution is 0.274. The van der Waals surface area contributed by atoms with Gasteiger partial charge in [0.1, 0.15) is 6.17 Å². The van der Waals surface area contributed by atoms with Crippen LogP contribution in [0.15, 0.2) is 54.6 Å². The average molecular weight is 409 g/mol.